The summed E-state index contributed by atoms with van der Waals surface area (Å²) in [4.78, 5) is 24.5. The molecule has 0 radical (unpaired) electrons. The van der Waals surface area contributed by atoms with Crippen LogP contribution in [0.5, 0.6) is 5.75 Å². The van der Waals surface area contributed by atoms with Gasteiger partial charge in [-0.1, -0.05) is 6.92 Å². The summed E-state index contributed by atoms with van der Waals surface area (Å²) in [5, 5.41) is 8.58. The summed E-state index contributed by atoms with van der Waals surface area (Å²) in [6, 6.07) is 8.34. The fourth-order valence-corrected chi connectivity index (χ4v) is 2.16. The summed E-state index contributed by atoms with van der Waals surface area (Å²) < 4.78 is 10.4. The van der Waals surface area contributed by atoms with Crippen molar-refractivity contribution in [2.24, 2.45) is 0 Å². The van der Waals surface area contributed by atoms with Crippen molar-refractivity contribution < 1.29 is 23.8 Å². The van der Waals surface area contributed by atoms with Gasteiger partial charge < -0.3 is 19.2 Å². The van der Waals surface area contributed by atoms with Gasteiger partial charge >= 0.3 is 5.97 Å². The molecule has 0 fully saturated rings. The topological polar surface area (TPSA) is 80.0 Å². The normalized spacial score (nSPS) is 10.3. The molecule has 0 aliphatic rings. The lowest BCUT2D eigenvalue weighted by Crippen LogP contribution is -2.26. The molecule has 0 atom stereocenters. The third-order valence-corrected chi connectivity index (χ3v) is 3.34. The van der Waals surface area contributed by atoms with Crippen LogP contribution in [0.3, 0.4) is 0 Å². The first-order valence-corrected chi connectivity index (χ1v) is 7.32. The molecule has 122 valence electrons. The van der Waals surface area contributed by atoms with E-state index in [2.05, 4.69) is 0 Å². The van der Waals surface area contributed by atoms with Crippen LogP contribution in [-0.2, 0) is 11.2 Å². The number of carboxylic acid groups (broad SMARTS) is 1. The summed E-state index contributed by atoms with van der Waals surface area (Å²) >= 11 is 0. The maximum absolute atomic E-state index is 12.6. The van der Waals surface area contributed by atoms with Crippen LogP contribution in [0, 0.1) is 0 Å². The average molecular weight is 317 g/mol. The zero-order valence-electron chi connectivity index (χ0n) is 13.1. The van der Waals surface area contributed by atoms with Gasteiger partial charge in [0.2, 0.25) is 0 Å². The van der Waals surface area contributed by atoms with E-state index in [0.717, 1.165) is 6.42 Å². The van der Waals surface area contributed by atoms with Crippen molar-refractivity contribution in [1.82, 2.24) is 0 Å². The Balaban J connectivity index is 2.10. The van der Waals surface area contributed by atoms with Gasteiger partial charge in [-0.05, 0) is 36.8 Å². The quantitative estimate of drug-likeness (QED) is 0.849. The van der Waals surface area contributed by atoms with Crippen molar-refractivity contribution in [3.05, 3.63) is 47.9 Å². The summed E-state index contributed by atoms with van der Waals surface area (Å²) in [6.07, 6.45) is 3.13. The maximum atomic E-state index is 12.6. The molecule has 0 unspecified atom stereocenters. The van der Waals surface area contributed by atoms with Crippen molar-refractivity contribution in [3.8, 4) is 5.75 Å². The van der Waals surface area contributed by atoms with Crippen molar-refractivity contribution in [1.29, 1.82) is 0 Å². The van der Waals surface area contributed by atoms with Crippen LogP contribution in [0.15, 0.2) is 41.0 Å². The highest BCUT2D eigenvalue weighted by molar-refractivity contribution is 6.06. The number of furan rings is 1. The van der Waals surface area contributed by atoms with Crippen LogP contribution in [0.4, 0.5) is 5.69 Å². The molecule has 0 bridgehead atoms. The van der Waals surface area contributed by atoms with E-state index < -0.39 is 12.6 Å². The van der Waals surface area contributed by atoms with E-state index in [0.29, 0.717) is 29.2 Å². The highest BCUT2D eigenvalue weighted by atomic mass is 16.5. The second-order valence-electron chi connectivity index (χ2n) is 5.05. The Bertz CT molecular complexity index is 675. The smallest absolute Gasteiger partial charge is 0.341 e. The molecule has 2 aromatic rings. The molecule has 0 aliphatic carbocycles. The number of carbonyl (C=O) groups excluding carboxylic acids is 1. The van der Waals surface area contributed by atoms with Gasteiger partial charge in [0.25, 0.3) is 5.91 Å². The number of amides is 1. The van der Waals surface area contributed by atoms with E-state index in [1.807, 2.05) is 6.92 Å². The third-order valence-electron chi connectivity index (χ3n) is 3.34. The van der Waals surface area contributed by atoms with Gasteiger partial charge in [-0.25, -0.2) is 4.79 Å². The number of carbonyl (C=O) groups is 2. The Morgan fingerprint density at radius 1 is 1.22 bits per heavy atom. The van der Waals surface area contributed by atoms with E-state index in [1.54, 1.807) is 37.4 Å². The minimum atomic E-state index is -1.04. The molecular formula is C17H19NO5. The summed E-state index contributed by atoms with van der Waals surface area (Å²) in [5.74, 6) is -0.0658. The first kappa shape index (κ1) is 16.6. The molecule has 0 saturated carbocycles. The summed E-state index contributed by atoms with van der Waals surface area (Å²) in [6.45, 7) is 1.62. The molecule has 0 saturated heterocycles. The van der Waals surface area contributed by atoms with E-state index >= 15 is 0 Å². The van der Waals surface area contributed by atoms with Gasteiger partial charge in [0.15, 0.2) is 6.61 Å². The van der Waals surface area contributed by atoms with E-state index in [-0.39, 0.29) is 5.91 Å². The van der Waals surface area contributed by atoms with Crippen molar-refractivity contribution >= 4 is 17.6 Å². The highest BCUT2D eigenvalue weighted by Crippen LogP contribution is 2.22. The number of carboxylic acids is 1. The lowest BCUT2D eigenvalue weighted by molar-refractivity contribution is -0.139. The van der Waals surface area contributed by atoms with E-state index in [9.17, 15) is 9.59 Å². The highest BCUT2D eigenvalue weighted by Gasteiger charge is 2.19. The molecule has 1 heterocycles. The zero-order valence-corrected chi connectivity index (χ0v) is 13.1. The molecule has 1 amide bonds. The van der Waals surface area contributed by atoms with Gasteiger partial charge in [-0.2, -0.15) is 0 Å². The number of benzene rings is 1. The largest absolute Gasteiger partial charge is 0.482 e. The maximum Gasteiger partial charge on any atom is 0.341 e. The molecule has 1 N–H and O–H groups in total. The molecule has 6 nitrogen and oxygen atoms in total. The Morgan fingerprint density at radius 2 is 1.91 bits per heavy atom. The summed E-state index contributed by atoms with van der Waals surface area (Å²) in [7, 11) is 1.68. The first-order chi connectivity index (χ1) is 11.0. The standard InChI is InChI=1S/C17H19NO5/c1-3-4-15-14(9-10-22-15)17(21)18(2)12-5-7-13(8-6-12)23-11-16(19)20/h5-10H,3-4,11H2,1-2H3,(H,19,20). The zero-order chi connectivity index (χ0) is 16.8. The number of nitrogens with zero attached hydrogens (tertiary/aromatic N) is 1. The number of aliphatic carboxylic acids is 1. The van der Waals surface area contributed by atoms with Gasteiger partial charge in [0, 0.05) is 19.2 Å². The lowest BCUT2D eigenvalue weighted by Gasteiger charge is -2.17. The minimum Gasteiger partial charge on any atom is -0.482 e. The molecule has 23 heavy (non-hydrogen) atoms. The molecule has 1 aromatic heterocycles. The van der Waals surface area contributed by atoms with Crippen molar-refractivity contribution in [3.63, 3.8) is 0 Å². The number of ether oxygens (including phenoxy) is 1. The molecule has 6 heteroatoms. The van der Waals surface area contributed by atoms with Crippen LogP contribution in [0.1, 0.15) is 29.5 Å². The predicted octanol–water partition coefficient (Wildman–Crippen LogP) is 2.97. The Morgan fingerprint density at radius 3 is 2.52 bits per heavy atom. The number of aryl methyl sites for hydroxylation is 1. The first-order valence-electron chi connectivity index (χ1n) is 7.32. The van der Waals surface area contributed by atoms with Gasteiger partial charge in [0.1, 0.15) is 11.5 Å². The third kappa shape index (κ3) is 4.12. The monoisotopic (exact) mass is 317 g/mol. The van der Waals surface area contributed by atoms with Crippen LogP contribution in [0.25, 0.3) is 0 Å². The fourth-order valence-electron chi connectivity index (χ4n) is 2.16. The Hall–Kier alpha value is -2.76. The molecule has 0 aliphatic heterocycles. The van der Waals surface area contributed by atoms with Gasteiger partial charge in [0.05, 0.1) is 11.8 Å². The second-order valence-corrected chi connectivity index (χ2v) is 5.05. The van der Waals surface area contributed by atoms with E-state index in [4.69, 9.17) is 14.3 Å². The van der Waals surface area contributed by atoms with Crippen molar-refractivity contribution in [2.75, 3.05) is 18.6 Å². The van der Waals surface area contributed by atoms with Crippen LogP contribution < -0.4 is 9.64 Å². The average Bonchev–Trinajstić information content (AvgIpc) is 3.00. The number of hydrogen-bond donors (Lipinski definition) is 1. The molecule has 1 aromatic carbocycles. The fraction of sp³-hybridized carbons (Fsp3) is 0.294. The van der Waals surface area contributed by atoms with Crippen molar-refractivity contribution in [2.45, 2.75) is 19.8 Å². The van der Waals surface area contributed by atoms with Crippen LogP contribution >= 0.6 is 0 Å². The summed E-state index contributed by atoms with van der Waals surface area (Å²) in [5.41, 5.74) is 1.24. The van der Waals surface area contributed by atoms with Crippen LogP contribution in [-0.4, -0.2) is 30.6 Å². The van der Waals surface area contributed by atoms with Crippen LogP contribution in [0.2, 0.25) is 0 Å². The molecular weight excluding hydrogens is 298 g/mol. The second kappa shape index (κ2) is 7.49. The Kier molecular flexibility index (Phi) is 5.41. The number of hydrogen-bond acceptors (Lipinski definition) is 4. The number of anilines is 1. The van der Waals surface area contributed by atoms with E-state index in [1.165, 1.54) is 11.2 Å². The molecule has 2 rings (SSSR count). The number of rotatable bonds is 7. The minimum absolute atomic E-state index is 0.151. The predicted molar refractivity (Wildman–Crippen MR) is 85.0 cm³/mol. The van der Waals surface area contributed by atoms with Gasteiger partial charge in [-0.15, -0.1) is 0 Å². The lowest BCUT2D eigenvalue weighted by atomic mass is 10.1. The molecule has 0 spiro atoms. The Labute approximate surface area is 134 Å². The van der Waals surface area contributed by atoms with Gasteiger partial charge in [-0.3, -0.25) is 4.79 Å². The SMILES string of the molecule is CCCc1occc1C(=O)N(C)c1ccc(OCC(=O)O)cc1.